The third-order valence-corrected chi connectivity index (χ3v) is 9.29. The molecular formula is C4H7F3O6S3. The van der Waals surface area contributed by atoms with E-state index in [0.717, 1.165) is 0 Å². The molecule has 0 bridgehead atoms. The van der Waals surface area contributed by atoms with Gasteiger partial charge in [-0.2, -0.15) is 0 Å². The van der Waals surface area contributed by atoms with Gasteiger partial charge in [0.25, 0.3) is 3.91 Å². The largest absolute Gasteiger partial charge is 0.270 e. The van der Waals surface area contributed by atoms with Crippen LogP contribution < -0.4 is 0 Å². The van der Waals surface area contributed by atoms with Crippen LogP contribution in [0.1, 0.15) is 0 Å². The summed E-state index contributed by atoms with van der Waals surface area (Å²) in [5.74, 6) is 0. The Kier molecular flexibility index (Phi) is 4.76. The van der Waals surface area contributed by atoms with E-state index in [9.17, 15) is 38.4 Å². The summed E-state index contributed by atoms with van der Waals surface area (Å²) < 4.78 is 97.6. The van der Waals surface area contributed by atoms with Crippen LogP contribution in [-0.4, -0.2) is 47.2 Å². The molecule has 16 heavy (non-hydrogen) atoms. The molecule has 0 atom stereocenters. The van der Waals surface area contributed by atoms with Gasteiger partial charge in [0.2, 0.25) is 29.5 Å². The summed E-state index contributed by atoms with van der Waals surface area (Å²) in [7, 11) is -16.0. The molecule has 0 aromatic carbocycles. The molecule has 0 rings (SSSR count). The zero-order valence-electron chi connectivity index (χ0n) is 7.51. The Balaban J connectivity index is 6.03. The molecule has 0 fully saturated rings. The van der Waals surface area contributed by atoms with E-state index in [1.807, 2.05) is 0 Å². The number of halogens is 3. The maximum absolute atomic E-state index is 12.0. The lowest BCUT2D eigenvalue weighted by Crippen LogP contribution is -2.40. The minimum absolute atomic E-state index is 2.35. The van der Waals surface area contributed by atoms with Gasteiger partial charge in [-0.1, -0.05) is 0 Å². The number of hydrogen-bond donors (Lipinski definition) is 0. The summed E-state index contributed by atoms with van der Waals surface area (Å²) in [5.41, 5.74) is 0. The first-order valence-electron chi connectivity index (χ1n) is 3.37. The van der Waals surface area contributed by atoms with E-state index in [0.29, 0.717) is 0 Å². The molecule has 0 amide bonds. The van der Waals surface area contributed by atoms with Crippen LogP contribution in [0.3, 0.4) is 0 Å². The maximum atomic E-state index is 12.0. The lowest BCUT2D eigenvalue weighted by Gasteiger charge is -2.12. The highest BCUT2D eigenvalue weighted by Gasteiger charge is 2.48. The van der Waals surface area contributed by atoms with E-state index in [4.69, 9.17) is 0 Å². The van der Waals surface area contributed by atoms with Crippen molar-refractivity contribution in [1.29, 1.82) is 0 Å². The monoisotopic (exact) mass is 304 g/mol. The number of alkyl halides is 3. The van der Waals surface area contributed by atoms with Crippen molar-refractivity contribution in [3.8, 4) is 0 Å². The van der Waals surface area contributed by atoms with E-state index >= 15 is 0 Å². The summed E-state index contributed by atoms with van der Waals surface area (Å²) >= 11 is 0. The molecule has 0 heterocycles. The highest BCUT2D eigenvalue weighted by atomic mass is 32.3. The van der Waals surface area contributed by atoms with Crippen molar-refractivity contribution >= 4 is 29.5 Å². The molecule has 0 aliphatic rings. The molecule has 98 valence electrons. The van der Waals surface area contributed by atoms with Crippen LogP contribution in [0, 0.1) is 0 Å². The zero-order chi connectivity index (χ0) is 13.2. The minimum Gasteiger partial charge on any atom is -0.234 e. The van der Waals surface area contributed by atoms with E-state index in [-0.39, 0.29) is 0 Å². The molecule has 0 spiro atoms. The van der Waals surface area contributed by atoms with Gasteiger partial charge in [-0.05, 0) is 0 Å². The Hall–Kier alpha value is -0.360. The van der Waals surface area contributed by atoms with Gasteiger partial charge in [-0.3, -0.25) is 0 Å². The molecule has 0 saturated carbocycles. The number of sulfone groups is 3. The van der Waals surface area contributed by atoms with Crippen LogP contribution in [0.15, 0.2) is 0 Å². The second-order valence-corrected chi connectivity index (χ2v) is 9.55. The molecule has 0 aromatic rings. The van der Waals surface area contributed by atoms with Crippen LogP contribution in [0.25, 0.3) is 0 Å². The highest BCUT2D eigenvalue weighted by molar-refractivity contribution is 8.24. The Morgan fingerprint density at radius 3 is 0.938 bits per heavy atom. The smallest absolute Gasteiger partial charge is 0.234 e. The molecule has 6 nitrogen and oxygen atoms in total. The Morgan fingerprint density at radius 1 is 0.625 bits per heavy atom. The van der Waals surface area contributed by atoms with Crippen molar-refractivity contribution in [1.82, 2.24) is 0 Å². The summed E-state index contributed by atoms with van der Waals surface area (Å²) in [5, 5.41) is 0. The summed E-state index contributed by atoms with van der Waals surface area (Å²) in [6, 6.07) is -7.05. The third-order valence-electron chi connectivity index (χ3n) is 1.34. The Morgan fingerprint density at radius 2 is 0.812 bits per heavy atom. The minimum atomic E-state index is -5.32. The molecule has 0 saturated heterocycles. The van der Waals surface area contributed by atoms with Crippen molar-refractivity contribution in [2.75, 3.05) is 18.0 Å². The van der Waals surface area contributed by atoms with Crippen LogP contribution >= 0.6 is 0 Å². The Bertz CT molecular complexity index is 451. The fraction of sp³-hybridized carbons (Fsp3) is 1.00. The summed E-state index contributed by atoms with van der Waals surface area (Å²) in [4.78, 5) is 0. The lowest BCUT2D eigenvalue weighted by molar-refractivity contribution is 0.512. The molecule has 12 heteroatoms. The van der Waals surface area contributed by atoms with E-state index in [2.05, 4.69) is 0 Å². The van der Waals surface area contributed by atoms with Gasteiger partial charge in [0.05, 0.1) is 0 Å². The fourth-order valence-electron chi connectivity index (χ4n) is 0.824. The second kappa shape index (κ2) is 4.87. The van der Waals surface area contributed by atoms with Gasteiger partial charge < -0.3 is 0 Å². The van der Waals surface area contributed by atoms with Crippen LogP contribution in [0.2, 0.25) is 0 Å². The molecule has 0 N–H and O–H groups in total. The lowest BCUT2D eigenvalue weighted by atomic mass is 11.8. The van der Waals surface area contributed by atoms with Crippen molar-refractivity contribution in [2.24, 2.45) is 0 Å². The van der Waals surface area contributed by atoms with E-state index < -0.39 is 51.4 Å². The average molecular weight is 304 g/mol. The molecule has 0 unspecified atom stereocenters. The SMILES string of the molecule is O=S(=O)(CF)C(S(=O)(=O)CF)S(=O)(=O)CF. The predicted octanol–water partition coefficient (Wildman–Crippen LogP) is -0.705. The molecule has 0 aliphatic carbocycles. The van der Waals surface area contributed by atoms with Crippen molar-refractivity contribution in [3.05, 3.63) is 0 Å². The van der Waals surface area contributed by atoms with E-state index in [1.54, 1.807) is 0 Å². The molecular weight excluding hydrogens is 297 g/mol. The first-order valence-corrected chi connectivity index (χ1v) is 8.52. The van der Waals surface area contributed by atoms with Crippen LogP contribution in [-0.2, 0) is 29.5 Å². The average Bonchev–Trinajstić information content (AvgIpc) is 2.16. The zero-order valence-corrected chi connectivity index (χ0v) is 9.96. The molecule has 0 radical (unpaired) electrons. The topological polar surface area (TPSA) is 102 Å². The summed E-state index contributed by atoms with van der Waals surface area (Å²) in [6.45, 7) is 0. The molecule has 0 aliphatic heterocycles. The van der Waals surface area contributed by atoms with Crippen molar-refractivity contribution in [2.45, 2.75) is 3.91 Å². The number of hydrogen-bond acceptors (Lipinski definition) is 6. The van der Waals surface area contributed by atoms with Gasteiger partial charge in [-0.15, -0.1) is 0 Å². The predicted molar refractivity (Wildman–Crippen MR) is 48.5 cm³/mol. The highest BCUT2D eigenvalue weighted by Crippen LogP contribution is 2.20. The first-order chi connectivity index (χ1) is 7.05. The van der Waals surface area contributed by atoms with Gasteiger partial charge in [0.1, 0.15) is 0 Å². The third kappa shape index (κ3) is 3.07. The van der Waals surface area contributed by atoms with Gasteiger partial charge in [-0.25, -0.2) is 38.4 Å². The first kappa shape index (κ1) is 15.6. The summed E-state index contributed by atoms with van der Waals surface area (Å²) in [6.07, 6.45) is 0. The molecule has 0 aromatic heterocycles. The Labute approximate surface area is 90.2 Å². The van der Waals surface area contributed by atoms with Gasteiger partial charge in [0, 0.05) is 0 Å². The number of rotatable bonds is 6. The fourth-order valence-corrected chi connectivity index (χ4v) is 7.42. The van der Waals surface area contributed by atoms with Gasteiger partial charge in [0.15, 0.2) is 18.0 Å². The maximum Gasteiger partial charge on any atom is 0.270 e. The second-order valence-electron chi connectivity index (χ2n) is 2.60. The quantitative estimate of drug-likeness (QED) is 0.642. The van der Waals surface area contributed by atoms with Crippen molar-refractivity contribution in [3.63, 3.8) is 0 Å². The van der Waals surface area contributed by atoms with Crippen LogP contribution in [0.5, 0.6) is 0 Å². The van der Waals surface area contributed by atoms with Crippen LogP contribution in [0.4, 0.5) is 13.2 Å². The van der Waals surface area contributed by atoms with E-state index in [1.165, 1.54) is 0 Å². The normalized spacial score (nSPS) is 14.2. The van der Waals surface area contributed by atoms with Crippen molar-refractivity contribution < 1.29 is 38.4 Å². The van der Waals surface area contributed by atoms with Gasteiger partial charge >= 0.3 is 0 Å². The standard InChI is InChI=1S/C4H7F3O6S3/c5-1-14(8,9)4(15(10,11)2-6)16(12,13)3-7/h4H,1-3H2.